The normalized spacial score (nSPS) is 11.5. The summed E-state index contributed by atoms with van der Waals surface area (Å²) in [6, 6.07) is 6.66. The van der Waals surface area contributed by atoms with E-state index >= 15 is 0 Å². The monoisotopic (exact) mass is 210 g/mol. The Morgan fingerprint density at radius 1 is 1.40 bits per heavy atom. The Morgan fingerprint density at radius 2 is 2.07 bits per heavy atom. The number of benzene rings is 1. The van der Waals surface area contributed by atoms with Crippen molar-refractivity contribution >= 4 is 5.69 Å². The zero-order chi connectivity index (χ0) is 11.5. The predicted molar refractivity (Wildman–Crippen MR) is 62.8 cm³/mol. The Hall–Kier alpha value is -1.09. The molecule has 0 radical (unpaired) electrons. The SMILES string of the molecule is CNCC(C)(C)N(C)c1cccc(F)c1. The van der Waals surface area contributed by atoms with Crippen LogP contribution >= 0.6 is 0 Å². The van der Waals surface area contributed by atoms with Crippen molar-refractivity contribution in [2.45, 2.75) is 19.4 Å². The van der Waals surface area contributed by atoms with Crippen LogP contribution in [0.1, 0.15) is 13.8 Å². The van der Waals surface area contributed by atoms with Crippen LogP contribution in [-0.4, -0.2) is 26.2 Å². The third-order valence-electron chi connectivity index (χ3n) is 2.71. The topological polar surface area (TPSA) is 15.3 Å². The zero-order valence-corrected chi connectivity index (χ0v) is 9.84. The van der Waals surface area contributed by atoms with Gasteiger partial charge in [-0.15, -0.1) is 0 Å². The van der Waals surface area contributed by atoms with Crippen molar-refractivity contribution in [3.63, 3.8) is 0 Å². The molecule has 0 saturated carbocycles. The maximum absolute atomic E-state index is 13.1. The van der Waals surface area contributed by atoms with Crippen molar-refractivity contribution in [2.75, 3.05) is 25.5 Å². The number of hydrogen-bond donors (Lipinski definition) is 1. The third-order valence-corrected chi connectivity index (χ3v) is 2.71. The average Bonchev–Trinajstić information content (AvgIpc) is 2.16. The smallest absolute Gasteiger partial charge is 0.125 e. The van der Waals surface area contributed by atoms with Crippen LogP contribution in [0.3, 0.4) is 0 Å². The molecule has 0 saturated heterocycles. The molecule has 84 valence electrons. The fourth-order valence-corrected chi connectivity index (χ4v) is 1.59. The molecule has 1 aromatic carbocycles. The average molecular weight is 210 g/mol. The first-order valence-electron chi connectivity index (χ1n) is 5.11. The summed E-state index contributed by atoms with van der Waals surface area (Å²) < 4.78 is 13.1. The van der Waals surface area contributed by atoms with E-state index in [1.54, 1.807) is 12.1 Å². The molecule has 3 heteroatoms. The largest absolute Gasteiger partial charge is 0.368 e. The van der Waals surface area contributed by atoms with E-state index in [9.17, 15) is 4.39 Å². The van der Waals surface area contributed by atoms with Gasteiger partial charge in [0.1, 0.15) is 5.82 Å². The highest BCUT2D eigenvalue weighted by Gasteiger charge is 2.22. The highest BCUT2D eigenvalue weighted by atomic mass is 19.1. The minimum Gasteiger partial charge on any atom is -0.368 e. The van der Waals surface area contributed by atoms with E-state index in [-0.39, 0.29) is 11.4 Å². The van der Waals surface area contributed by atoms with Crippen molar-refractivity contribution < 1.29 is 4.39 Å². The van der Waals surface area contributed by atoms with Gasteiger partial charge in [-0.05, 0) is 39.1 Å². The number of halogens is 1. The molecule has 2 nitrogen and oxygen atoms in total. The van der Waals surface area contributed by atoms with Crippen LogP contribution in [0.25, 0.3) is 0 Å². The molecule has 1 aromatic rings. The molecular formula is C12H19FN2. The standard InChI is InChI=1S/C12H19FN2/c1-12(2,9-14-3)15(4)11-7-5-6-10(13)8-11/h5-8,14H,9H2,1-4H3. The second kappa shape index (κ2) is 4.62. The van der Waals surface area contributed by atoms with Gasteiger partial charge in [-0.1, -0.05) is 6.07 Å². The lowest BCUT2D eigenvalue weighted by atomic mass is 10.0. The summed E-state index contributed by atoms with van der Waals surface area (Å²) in [5.74, 6) is -0.195. The summed E-state index contributed by atoms with van der Waals surface area (Å²) in [6.07, 6.45) is 0. The molecule has 15 heavy (non-hydrogen) atoms. The molecule has 0 amide bonds. The van der Waals surface area contributed by atoms with Crippen LogP contribution in [0.5, 0.6) is 0 Å². The number of likely N-dealkylation sites (N-methyl/N-ethyl adjacent to an activating group) is 2. The summed E-state index contributed by atoms with van der Waals surface area (Å²) in [5.41, 5.74) is 0.859. The number of rotatable bonds is 4. The first-order chi connectivity index (χ1) is 6.97. The molecule has 0 fully saturated rings. The summed E-state index contributed by atoms with van der Waals surface area (Å²) >= 11 is 0. The molecule has 1 N–H and O–H groups in total. The number of anilines is 1. The first-order valence-corrected chi connectivity index (χ1v) is 5.11. The van der Waals surface area contributed by atoms with Crippen LogP contribution in [0, 0.1) is 5.82 Å². The molecule has 0 spiro atoms. The third kappa shape index (κ3) is 2.93. The van der Waals surface area contributed by atoms with E-state index in [1.165, 1.54) is 6.07 Å². The molecule has 0 aromatic heterocycles. The molecule has 0 bridgehead atoms. The maximum atomic E-state index is 13.1. The predicted octanol–water partition coefficient (Wildman–Crippen LogP) is 2.26. The Kier molecular flexibility index (Phi) is 3.69. The van der Waals surface area contributed by atoms with E-state index in [2.05, 4.69) is 24.1 Å². The van der Waals surface area contributed by atoms with Crippen LogP contribution in [0.15, 0.2) is 24.3 Å². The van der Waals surface area contributed by atoms with E-state index in [1.807, 2.05) is 20.2 Å². The van der Waals surface area contributed by atoms with Gasteiger partial charge in [-0.25, -0.2) is 4.39 Å². The lowest BCUT2D eigenvalue weighted by molar-refractivity contribution is 0.462. The molecule has 0 aliphatic heterocycles. The van der Waals surface area contributed by atoms with Crippen molar-refractivity contribution in [3.05, 3.63) is 30.1 Å². The van der Waals surface area contributed by atoms with Crippen LogP contribution < -0.4 is 10.2 Å². The van der Waals surface area contributed by atoms with Gasteiger partial charge in [0, 0.05) is 24.8 Å². The van der Waals surface area contributed by atoms with Gasteiger partial charge in [-0.2, -0.15) is 0 Å². The Morgan fingerprint density at radius 3 is 2.60 bits per heavy atom. The summed E-state index contributed by atoms with van der Waals surface area (Å²) in [7, 11) is 3.90. The quantitative estimate of drug-likeness (QED) is 0.820. The molecule has 1 rings (SSSR count). The van der Waals surface area contributed by atoms with Gasteiger partial charge in [0.2, 0.25) is 0 Å². The van der Waals surface area contributed by atoms with E-state index in [4.69, 9.17) is 0 Å². The highest BCUT2D eigenvalue weighted by molar-refractivity contribution is 5.48. The van der Waals surface area contributed by atoms with Gasteiger partial charge >= 0.3 is 0 Å². The Balaban J connectivity index is 2.88. The van der Waals surface area contributed by atoms with E-state index < -0.39 is 0 Å². The van der Waals surface area contributed by atoms with Crippen molar-refractivity contribution in [1.29, 1.82) is 0 Å². The second-order valence-electron chi connectivity index (χ2n) is 4.38. The summed E-state index contributed by atoms with van der Waals surface area (Å²) in [6.45, 7) is 5.09. The van der Waals surface area contributed by atoms with Gasteiger partial charge in [-0.3, -0.25) is 0 Å². The number of nitrogens with one attached hydrogen (secondary N) is 1. The molecule has 0 heterocycles. The molecule has 0 atom stereocenters. The number of hydrogen-bond acceptors (Lipinski definition) is 2. The molecule has 0 unspecified atom stereocenters. The van der Waals surface area contributed by atoms with Gasteiger partial charge in [0.05, 0.1) is 0 Å². The first kappa shape index (κ1) is 12.0. The van der Waals surface area contributed by atoms with Crippen molar-refractivity contribution in [3.8, 4) is 0 Å². The maximum Gasteiger partial charge on any atom is 0.125 e. The van der Waals surface area contributed by atoms with Crippen molar-refractivity contribution in [1.82, 2.24) is 5.32 Å². The van der Waals surface area contributed by atoms with Crippen LogP contribution in [0.4, 0.5) is 10.1 Å². The van der Waals surface area contributed by atoms with Crippen molar-refractivity contribution in [2.24, 2.45) is 0 Å². The minimum absolute atomic E-state index is 0.0391. The van der Waals surface area contributed by atoms with Gasteiger partial charge < -0.3 is 10.2 Å². The molecule has 0 aliphatic rings. The van der Waals surface area contributed by atoms with E-state index in [0.29, 0.717) is 0 Å². The fourth-order valence-electron chi connectivity index (χ4n) is 1.59. The summed E-state index contributed by atoms with van der Waals surface area (Å²) in [5, 5.41) is 3.14. The lowest BCUT2D eigenvalue weighted by Crippen LogP contribution is -2.48. The Bertz CT molecular complexity index is 323. The Labute approximate surface area is 91.1 Å². The lowest BCUT2D eigenvalue weighted by Gasteiger charge is -2.37. The molecule has 0 aliphatic carbocycles. The second-order valence-corrected chi connectivity index (χ2v) is 4.38. The summed E-state index contributed by atoms with van der Waals surface area (Å²) in [4.78, 5) is 2.08. The van der Waals surface area contributed by atoms with Crippen LogP contribution in [-0.2, 0) is 0 Å². The van der Waals surface area contributed by atoms with E-state index in [0.717, 1.165) is 12.2 Å². The minimum atomic E-state index is -0.195. The fraction of sp³-hybridized carbons (Fsp3) is 0.500. The number of nitrogens with zero attached hydrogens (tertiary/aromatic N) is 1. The van der Waals surface area contributed by atoms with Crippen LogP contribution in [0.2, 0.25) is 0 Å². The molecular weight excluding hydrogens is 191 g/mol. The highest BCUT2D eigenvalue weighted by Crippen LogP contribution is 2.22. The van der Waals surface area contributed by atoms with Gasteiger partial charge in [0.15, 0.2) is 0 Å². The zero-order valence-electron chi connectivity index (χ0n) is 9.84. The van der Waals surface area contributed by atoms with Gasteiger partial charge in [0.25, 0.3) is 0 Å².